The molecule has 0 aliphatic heterocycles. The van der Waals surface area contributed by atoms with Gasteiger partial charge in [-0.05, 0) is 55.3 Å². The van der Waals surface area contributed by atoms with Gasteiger partial charge in [-0.2, -0.15) is 13.2 Å². The number of aryl methyl sites for hydroxylation is 1. The van der Waals surface area contributed by atoms with Crippen LogP contribution in [0.4, 0.5) is 18.9 Å². The van der Waals surface area contributed by atoms with Gasteiger partial charge in [0.25, 0.3) is 0 Å². The fourth-order valence-electron chi connectivity index (χ4n) is 3.76. The number of nitrogens with zero attached hydrogens (tertiary/aromatic N) is 2. The summed E-state index contributed by atoms with van der Waals surface area (Å²) in [5.74, 6) is 0.492. The van der Waals surface area contributed by atoms with E-state index in [1.54, 1.807) is 18.3 Å². The summed E-state index contributed by atoms with van der Waals surface area (Å²) in [4.78, 5) is 1.94. The summed E-state index contributed by atoms with van der Waals surface area (Å²) in [6.45, 7) is 8.47. The van der Waals surface area contributed by atoms with E-state index in [1.165, 1.54) is 6.07 Å². The molecule has 0 fully saturated rings. The summed E-state index contributed by atoms with van der Waals surface area (Å²) in [5, 5.41) is 13.1. The SMILES string of the molecule is C=CN(CCCOc1ccc2c(C(F)(F)F)noc2c1CCC)c1ccc(CO)c(Cl)c1C. The molecular weight excluding hydrogens is 457 g/mol. The number of fused-ring (bicyclic) bond motifs is 1. The summed E-state index contributed by atoms with van der Waals surface area (Å²) >= 11 is 6.34. The van der Waals surface area contributed by atoms with Crippen molar-refractivity contribution >= 4 is 28.3 Å². The van der Waals surface area contributed by atoms with Gasteiger partial charge in [-0.1, -0.05) is 42.7 Å². The number of rotatable bonds is 10. The van der Waals surface area contributed by atoms with Crippen LogP contribution in [-0.4, -0.2) is 23.4 Å². The van der Waals surface area contributed by atoms with Crippen molar-refractivity contribution in [3.05, 3.63) is 64.5 Å². The Labute approximate surface area is 195 Å². The van der Waals surface area contributed by atoms with Crippen LogP contribution in [0.3, 0.4) is 0 Å². The van der Waals surface area contributed by atoms with Crippen molar-refractivity contribution in [1.82, 2.24) is 5.16 Å². The molecule has 2 aromatic carbocycles. The maximum atomic E-state index is 13.2. The van der Waals surface area contributed by atoms with Gasteiger partial charge in [-0.25, -0.2) is 0 Å². The van der Waals surface area contributed by atoms with Crippen LogP contribution in [0, 0.1) is 6.92 Å². The van der Waals surface area contributed by atoms with Crippen LogP contribution in [0.2, 0.25) is 5.02 Å². The van der Waals surface area contributed by atoms with E-state index in [0.717, 1.165) is 11.3 Å². The monoisotopic (exact) mass is 482 g/mol. The molecule has 1 heterocycles. The highest BCUT2D eigenvalue weighted by Crippen LogP contribution is 2.38. The first-order valence-corrected chi connectivity index (χ1v) is 11.0. The standard InChI is InChI=1S/C24H26ClF3N2O3/c1-4-7-17-20(11-9-18-22(17)33-29-23(18)24(26,27)28)32-13-6-12-30(5-2)19-10-8-16(14-31)21(25)15(19)3/h5,8-11,31H,2,4,6-7,12-14H2,1,3H3. The lowest BCUT2D eigenvalue weighted by Crippen LogP contribution is -2.20. The third-order valence-electron chi connectivity index (χ3n) is 5.41. The number of aromatic nitrogens is 1. The largest absolute Gasteiger partial charge is 0.493 e. The molecule has 1 aromatic heterocycles. The zero-order chi connectivity index (χ0) is 24.2. The number of hydrogen-bond donors (Lipinski definition) is 1. The topological polar surface area (TPSA) is 58.7 Å². The average Bonchev–Trinajstić information content (AvgIpc) is 3.22. The molecule has 0 radical (unpaired) electrons. The van der Waals surface area contributed by atoms with Gasteiger partial charge in [-0.15, -0.1) is 0 Å². The fourth-order valence-corrected chi connectivity index (χ4v) is 3.98. The van der Waals surface area contributed by atoms with Crippen molar-refractivity contribution in [2.75, 3.05) is 18.1 Å². The fraction of sp³-hybridized carbons (Fsp3) is 0.375. The summed E-state index contributed by atoms with van der Waals surface area (Å²) in [6.07, 6.45) is -1.04. The lowest BCUT2D eigenvalue weighted by atomic mass is 10.0. The number of anilines is 1. The average molecular weight is 483 g/mol. The van der Waals surface area contributed by atoms with Crippen LogP contribution in [0.1, 0.15) is 42.1 Å². The molecule has 3 rings (SSSR count). The molecule has 5 nitrogen and oxygen atoms in total. The minimum atomic E-state index is -4.58. The number of halogens is 4. The molecule has 9 heteroatoms. The van der Waals surface area contributed by atoms with E-state index in [1.807, 2.05) is 24.8 Å². The molecule has 0 unspecified atom stereocenters. The van der Waals surface area contributed by atoms with Crippen LogP contribution in [0.5, 0.6) is 5.75 Å². The molecule has 3 aromatic rings. The minimum Gasteiger partial charge on any atom is -0.493 e. The van der Waals surface area contributed by atoms with Crippen LogP contribution in [-0.2, 0) is 19.2 Å². The lowest BCUT2D eigenvalue weighted by molar-refractivity contribution is -0.141. The number of benzene rings is 2. The number of aliphatic hydroxyl groups is 1. The van der Waals surface area contributed by atoms with E-state index in [4.69, 9.17) is 20.9 Å². The Morgan fingerprint density at radius 2 is 2.03 bits per heavy atom. The van der Waals surface area contributed by atoms with Crippen molar-refractivity contribution < 1.29 is 27.5 Å². The first kappa shape index (κ1) is 24.9. The van der Waals surface area contributed by atoms with Crippen LogP contribution in [0.15, 0.2) is 41.6 Å². The second-order valence-corrected chi connectivity index (χ2v) is 7.99. The maximum absolute atomic E-state index is 13.2. The Kier molecular flexibility index (Phi) is 7.92. The van der Waals surface area contributed by atoms with E-state index < -0.39 is 11.9 Å². The Balaban J connectivity index is 1.72. The first-order valence-electron chi connectivity index (χ1n) is 10.6. The molecule has 0 bridgehead atoms. The second-order valence-electron chi connectivity index (χ2n) is 7.62. The van der Waals surface area contributed by atoms with E-state index in [2.05, 4.69) is 11.7 Å². The van der Waals surface area contributed by atoms with Crippen molar-refractivity contribution in [1.29, 1.82) is 0 Å². The van der Waals surface area contributed by atoms with E-state index >= 15 is 0 Å². The van der Waals surface area contributed by atoms with Gasteiger partial charge in [-0.3, -0.25) is 0 Å². The predicted octanol–water partition coefficient (Wildman–Crippen LogP) is 6.67. The molecule has 0 saturated heterocycles. The summed E-state index contributed by atoms with van der Waals surface area (Å²) in [6, 6.07) is 6.54. The number of hydrogen-bond acceptors (Lipinski definition) is 5. The van der Waals surface area contributed by atoms with Crippen molar-refractivity contribution in [3.63, 3.8) is 0 Å². The zero-order valence-electron chi connectivity index (χ0n) is 18.5. The van der Waals surface area contributed by atoms with Crippen molar-refractivity contribution in [3.8, 4) is 5.75 Å². The Morgan fingerprint density at radius 3 is 2.67 bits per heavy atom. The van der Waals surface area contributed by atoms with Crippen LogP contribution < -0.4 is 9.64 Å². The van der Waals surface area contributed by atoms with E-state index in [9.17, 15) is 18.3 Å². The summed E-state index contributed by atoms with van der Waals surface area (Å²) in [7, 11) is 0. The molecule has 0 aliphatic carbocycles. The normalized spacial score (nSPS) is 11.7. The number of aliphatic hydroxyl groups excluding tert-OH is 1. The first-order chi connectivity index (χ1) is 15.7. The number of alkyl halides is 3. The third-order valence-corrected chi connectivity index (χ3v) is 5.93. The van der Waals surface area contributed by atoms with Crippen LogP contribution in [0.25, 0.3) is 11.0 Å². The molecule has 1 N–H and O–H groups in total. The Morgan fingerprint density at radius 1 is 1.27 bits per heavy atom. The van der Waals surface area contributed by atoms with Crippen molar-refractivity contribution in [2.24, 2.45) is 0 Å². The quantitative estimate of drug-likeness (QED) is 0.327. The smallest absolute Gasteiger partial charge is 0.437 e. The van der Waals surface area contributed by atoms with Crippen LogP contribution >= 0.6 is 11.6 Å². The third kappa shape index (κ3) is 5.28. The molecule has 33 heavy (non-hydrogen) atoms. The zero-order valence-corrected chi connectivity index (χ0v) is 19.3. The Hall–Kier alpha value is -2.71. The van der Waals surface area contributed by atoms with Gasteiger partial charge in [0.1, 0.15) is 5.75 Å². The Bertz CT molecular complexity index is 1130. The summed E-state index contributed by atoms with van der Waals surface area (Å²) < 4.78 is 50.5. The van der Waals surface area contributed by atoms with Crippen molar-refractivity contribution in [2.45, 2.75) is 45.9 Å². The highest BCUT2D eigenvalue weighted by Gasteiger charge is 2.37. The van der Waals surface area contributed by atoms with Gasteiger partial charge < -0.3 is 19.3 Å². The molecule has 0 atom stereocenters. The second kappa shape index (κ2) is 10.5. The lowest BCUT2D eigenvalue weighted by Gasteiger charge is -2.23. The summed E-state index contributed by atoms with van der Waals surface area (Å²) in [5.41, 5.74) is 2.05. The highest BCUT2D eigenvalue weighted by molar-refractivity contribution is 6.32. The van der Waals surface area contributed by atoms with Gasteiger partial charge in [0, 0.05) is 17.8 Å². The predicted molar refractivity (Wildman–Crippen MR) is 123 cm³/mol. The van der Waals surface area contributed by atoms with Gasteiger partial charge in [0.2, 0.25) is 0 Å². The van der Waals surface area contributed by atoms with Gasteiger partial charge >= 0.3 is 6.18 Å². The number of ether oxygens (including phenoxy) is 1. The molecule has 0 saturated carbocycles. The molecular formula is C24H26ClF3N2O3. The molecule has 0 amide bonds. The molecule has 0 aliphatic rings. The minimum absolute atomic E-state index is 0.0604. The van der Waals surface area contributed by atoms with Gasteiger partial charge in [0.05, 0.1) is 23.6 Å². The van der Waals surface area contributed by atoms with Gasteiger partial charge in [0.15, 0.2) is 11.3 Å². The molecule has 0 spiro atoms. The maximum Gasteiger partial charge on any atom is 0.437 e. The highest BCUT2D eigenvalue weighted by atomic mass is 35.5. The molecule has 178 valence electrons. The van der Waals surface area contributed by atoms with E-state index in [-0.39, 0.29) is 17.6 Å². The van der Waals surface area contributed by atoms with E-state index in [0.29, 0.717) is 54.3 Å².